The number of nitrogens with zero attached hydrogens (tertiary/aromatic N) is 2. The molecule has 1 aromatic carbocycles. The Labute approximate surface area is 184 Å². The van der Waals surface area contributed by atoms with Crippen LogP contribution < -0.4 is 4.74 Å². The second kappa shape index (κ2) is 12.3. The van der Waals surface area contributed by atoms with Crippen molar-refractivity contribution in [3.8, 4) is 5.75 Å². The van der Waals surface area contributed by atoms with Crippen LogP contribution in [0.3, 0.4) is 0 Å². The molecule has 1 aromatic rings. The summed E-state index contributed by atoms with van der Waals surface area (Å²) in [6.45, 7) is 8.46. The summed E-state index contributed by atoms with van der Waals surface area (Å²) in [5.41, 5.74) is -0.760. The molecule has 0 N–H and O–H groups in total. The molecule has 1 fully saturated rings. The Morgan fingerprint density at radius 1 is 0.968 bits per heavy atom. The molecule has 7 heteroatoms. The lowest BCUT2D eigenvalue weighted by Crippen LogP contribution is -2.32. The van der Waals surface area contributed by atoms with Gasteiger partial charge in [0.15, 0.2) is 0 Å². The molecule has 0 atom stereocenters. The fourth-order valence-electron chi connectivity index (χ4n) is 4.31. The van der Waals surface area contributed by atoms with Gasteiger partial charge in [0, 0.05) is 13.6 Å². The van der Waals surface area contributed by atoms with Crippen molar-refractivity contribution in [3.63, 3.8) is 0 Å². The van der Waals surface area contributed by atoms with E-state index in [2.05, 4.69) is 18.7 Å². The zero-order valence-corrected chi connectivity index (χ0v) is 19.1. The maximum atomic E-state index is 12.6. The first-order valence-corrected chi connectivity index (χ1v) is 11.6. The number of alkyl halides is 3. The van der Waals surface area contributed by atoms with Gasteiger partial charge in [-0.2, -0.15) is 13.2 Å². The molecule has 2 rings (SSSR count). The van der Waals surface area contributed by atoms with Crippen LogP contribution in [0.5, 0.6) is 5.75 Å². The average molecular weight is 443 g/mol. The van der Waals surface area contributed by atoms with Gasteiger partial charge in [0.25, 0.3) is 0 Å². The van der Waals surface area contributed by atoms with E-state index in [-0.39, 0.29) is 5.75 Å². The van der Waals surface area contributed by atoms with Gasteiger partial charge >= 0.3 is 12.3 Å². The molecule has 0 heterocycles. The number of halogens is 3. The van der Waals surface area contributed by atoms with Crippen LogP contribution in [0.15, 0.2) is 24.3 Å². The molecule has 0 aliphatic heterocycles. The molecule has 0 bridgehead atoms. The second-order valence-corrected chi connectivity index (χ2v) is 8.66. The van der Waals surface area contributed by atoms with E-state index >= 15 is 0 Å². The molecule has 0 aromatic heterocycles. The van der Waals surface area contributed by atoms with Gasteiger partial charge in [-0.15, -0.1) is 0 Å². The zero-order valence-electron chi connectivity index (χ0n) is 19.1. The first-order chi connectivity index (χ1) is 14.7. The minimum atomic E-state index is -4.40. The number of hydrogen-bond acceptors (Lipinski definition) is 3. The number of benzene rings is 1. The minimum absolute atomic E-state index is 0.120. The lowest BCUT2D eigenvalue weighted by Gasteiger charge is -2.30. The van der Waals surface area contributed by atoms with Crippen molar-refractivity contribution < 1.29 is 22.7 Å². The highest BCUT2D eigenvalue weighted by Gasteiger charge is 2.30. The van der Waals surface area contributed by atoms with Crippen LogP contribution in [0.2, 0.25) is 0 Å². The number of rotatable bonds is 10. The van der Waals surface area contributed by atoms with E-state index in [0.717, 1.165) is 37.6 Å². The van der Waals surface area contributed by atoms with Crippen molar-refractivity contribution in [2.45, 2.75) is 65.0 Å². The fraction of sp³-hybridized carbons (Fsp3) is 0.708. The number of hydrogen-bond donors (Lipinski definition) is 0. The molecular formula is C24H37F3N2O2. The van der Waals surface area contributed by atoms with Gasteiger partial charge in [-0.3, -0.25) is 0 Å². The van der Waals surface area contributed by atoms with E-state index in [9.17, 15) is 18.0 Å². The lowest BCUT2D eigenvalue weighted by molar-refractivity contribution is -0.137. The molecular weight excluding hydrogens is 405 g/mol. The van der Waals surface area contributed by atoms with Gasteiger partial charge in [0.05, 0.1) is 5.56 Å². The van der Waals surface area contributed by atoms with Crippen molar-refractivity contribution in [2.75, 3.05) is 33.2 Å². The zero-order chi connectivity index (χ0) is 22.9. The van der Waals surface area contributed by atoms with Crippen LogP contribution in [0, 0.1) is 11.8 Å². The van der Waals surface area contributed by atoms with Crippen LogP contribution in [-0.2, 0) is 6.18 Å². The summed E-state index contributed by atoms with van der Waals surface area (Å²) >= 11 is 0. The van der Waals surface area contributed by atoms with Gasteiger partial charge in [0.2, 0.25) is 0 Å². The summed E-state index contributed by atoms with van der Waals surface area (Å²) < 4.78 is 43.0. The monoisotopic (exact) mass is 442 g/mol. The van der Waals surface area contributed by atoms with Gasteiger partial charge in [-0.1, -0.05) is 39.5 Å². The van der Waals surface area contributed by atoms with Crippen LogP contribution in [-0.4, -0.2) is 49.1 Å². The summed E-state index contributed by atoms with van der Waals surface area (Å²) in [5, 5.41) is 0. The molecule has 1 aliphatic rings. The highest BCUT2D eigenvalue weighted by atomic mass is 19.4. The molecule has 0 radical (unpaired) electrons. The molecule has 4 nitrogen and oxygen atoms in total. The molecule has 0 unspecified atom stereocenters. The third-order valence-electron chi connectivity index (χ3n) is 6.52. The average Bonchev–Trinajstić information content (AvgIpc) is 2.75. The summed E-state index contributed by atoms with van der Waals surface area (Å²) in [6, 6.07) is 4.19. The topological polar surface area (TPSA) is 32.8 Å². The lowest BCUT2D eigenvalue weighted by atomic mass is 9.78. The summed E-state index contributed by atoms with van der Waals surface area (Å²) in [5.74, 6) is 1.57. The van der Waals surface area contributed by atoms with E-state index in [1.54, 1.807) is 7.05 Å². The Kier molecular flexibility index (Phi) is 10.1. The smallest absolute Gasteiger partial charge is 0.410 e. The highest BCUT2D eigenvalue weighted by molar-refractivity contribution is 5.70. The predicted octanol–water partition coefficient (Wildman–Crippen LogP) is 6.45. The first kappa shape index (κ1) is 25.5. The molecule has 1 aliphatic carbocycles. The molecule has 0 spiro atoms. The maximum absolute atomic E-state index is 12.6. The van der Waals surface area contributed by atoms with Gasteiger partial charge in [-0.05, 0) is 75.0 Å². The molecule has 31 heavy (non-hydrogen) atoms. The predicted molar refractivity (Wildman–Crippen MR) is 117 cm³/mol. The van der Waals surface area contributed by atoms with Crippen LogP contribution in [0.4, 0.5) is 18.0 Å². The molecule has 1 amide bonds. The van der Waals surface area contributed by atoms with Crippen LogP contribution in [0.25, 0.3) is 0 Å². The quantitative estimate of drug-likeness (QED) is 0.417. The third-order valence-corrected chi connectivity index (χ3v) is 6.52. The normalized spacial score (nSPS) is 19.5. The highest BCUT2D eigenvalue weighted by Crippen LogP contribution is 2.33. The molecule has 1 saturated carbocycles. The van der Waals surface area contributed by atoms with Crippen molar-refractivity contribution in [3.05, 3.63) is 29.8 Å². The Hall–Kier alpha value is -1.76. The summed E-state index contributed by atoms with van der Waals surface area (Å²) in [4.78, 5) is 16.2. The molecule has 0 saturated heterocycles. The SMILES string of the molecule is CCN(CC)CCC[C@H]1CC[C@H](CCN(C)C(=O)Oc2ccc(C(F)(F)F)cc2)CC1. The standard InChI is InChI=1S/C24H37F3N2O2/c1-4-29(5-2)17-6-7-19-8-10-20(11-9-19)16-18-28(3)23(30)31-22-14-12-21(13-15-22)24(25,26)27/h12-15,19-20H,4-11,16-18H2,1-3H3/t19-,20-. The van der Waals surface area contributed by atoms with E-state index in [0.29, 0.717) is 12.5 Å². The summed E-state index contributed by atoms with van der Waals surface area (Å²) in [6.07, 6.45) is 3.53. The van der Waals surface area contributed by atoms with E-state index in [4.69, 9.17) is 4.74 Å². The van der Waals surface area contributed by atoms with E-state index in [1.807, 2.05) is 0 Å². The third kappa shape index (κ3) is 8.71. The van der Waals surface area contributed by atoms with Gasteiger partial charge in [0.1, 0.15) is 5.75 Å². The molecule has 176 valence electrons. The van der Waals surface area contributed by atoms with Crippen molar-refractivity contribution in [1.29, 1.82) is 0 Å². The van der Waals surface area contributed by atoms with Crippen LogP contribution >= 0.6 is 0 Å². The Balaban J connectivity index is 1.65. The van der Waals surface area contributed by atoms with Gasteiger partial charge in [-0.25, -0.2) is 4.79 Å². The number of carbonyl (C=O) groups excluding carboxylic acids is 1. The van der Waals surface area contributed by atoms with E-state index in [1.165, 1.54) is 62.1 Å². The Morgan fingerprint density at radius 2 is 1.52 bits per heavy atom. The summed E-state index contributed by atoms with van der Waals surface area (Å²) in [7, 11) is 1.67. The van der Waals surface area contributed by atoms with E-state index < -0.39 is 17.8 Å². The maximum Gasteiger partial charge on any atom is 0.416 e. The number of carbonyl (C=O) groups is 1. The van der Waals surface area contributed by atoms with Crippen molar-refractivity contribution >= 4 is 6.09 Å². The second-order valence-electron chi connectivity index (χ2n) is 8.66. The first-order valence-electron chi connectivity index (χ1n) is 11.6. The Morgan fingerprint density at radius 3 is 2.03 bits per heavy atom. The van der Waals surface area contributed by atoms with Crippen LogP contribution in [0.1, 0.15) is 64.4 Å². The number of amides is 1. The number of ether oxygens (including phenoxy) is 1. The minimum Gasteiger partial charge on any atom is -0.410 e. The largest absolute Gasteiger partial charge is 0.416 e. The fourth-order valence-corrected chi connectivity index (χ4v) is 4.31. The Bertz CT molecular complexity index is 652. The van der Waals surface area contributed by atoms with Crippen molar-refractivity contribution in [1.82, 2.24) is 9.80 Å². The van der Waals surface area contributed by atoms with Gasteiger partial charge < -0.3 is 14.5 Å². The van der Waals surface area contributed by atoms with Crippen molar-refractivity contribution in [2.24, 2.45) is 11.8 Å².